The lowest BCUT2D eigenvalue weighted by Gasteiger charge is -2.04. The van der Waals surface area contributed by atoms with E-state index in [0.29, 0.717) is 0 Å². The van der Waals surface area contributed by atoms with Crippen molar-refractivity contribution in [2.24, 2.45) is 0 Å². The lowest BCUT2D eigenvalue weighted by atomic mass is 10.1. The van der Waals surface area contributed by atoms with Crippen molar-refractivity contribution in [3.05, 3.63) is 33.9 Å². The summed E-state index contributed by atoms with van der Waals surface area (Å²) in [5, 5.41) is 10.6. The summed E-state index contributed by atoms with van der Waals surface area (Å²) in [6.45, 7) is 1.93. The SMILES string of the molecule is CCc1ccc(OCCl)c([N+](=O)[O-])c1. The van der Waals surface area contributed by atoms with Crippen LogP contribution in [-0.2, 0) is 6.42 Å². The van der Waals surface area contributed by atoms with Crippen molar-refractivity contribution in [1.29, 1.82) is 0 Å². The Labute approximate surface area is 86.6 Å². The van der Waals surface area contributed by atoms with Gasteiger partial charge in [-0.2, -0.15) is 0 Å². The lowest BCUT2D eigenvalue weighted by Crippen LogP contribution is -1.97. The zero-order valence-electron chi connectivity index (χ0n) is 7.70. The fourth-order valence-corrected chi connectivity index (χ4v) is 1.22. The Morgan fingerprint density at radius 1 is 1.57 bits per heavy atom. The summed E-state index contributed by atoms with van der Waals surface area (Å²) in [6.07, 6.45) is 0.752. The van der Waals surface area contributed by atoms with Gasteiger partial charge in [0.25, 0.3) is 0 Å². The summed E-state index contributed by atoms with van der Waals surface area (Å²) in [7, 11) is 0. The van der Waals surface area contributed by atoms with Crippen LogP contribution in [0.15, 0.2) is 18.2 Å². The maximum Gasteiger partial charge on any atom is 0.311 e. The smallest absolute Gasteiger partial charge is 0.311 e. The van der Waals surface area contributed by atoms with Crippen LogP contribution in [0.5, 0.6) is 5.75 Å². The van der Waals surface area contributed by atoms with Gasteiger partial charge >= 0.3 is 5.69 Å². The minimum Gasteiger partial charge on any atom is -0.471 e. The third-order valence-corrected chi connectivity index (χ3v) is 1.95. The minimum atomic E-state index is -0.471. The Balaban J connectivity index is 3.10. The number of rotatable bonds is 4. The van der Waals surface area contributed by atoms with Crippen molar-refractivity contribution in [1.82, 2.24) is 0 Å². The molecule has 1 aromatic carbocycles. The molecule has 0 aliphatic carbocycles. The first kappa shape index (κ1) is 10.8. The van der Waals surface area contributed by atoms with Crippen LogP contribution in [0.1, 0.15) is 12.5 Å². The molecule has 76 valence electrons. The normalized spacial score (nSPS) is 9.86. The highest BCUT2D eigenvalue weighted by molar-refractivity contribution is 6.17. The molecule has 0 aromatic heterocycles. The van der Waals surface area contributed by atoms with Gasteiger partial charge in [0.2, 0.25) is 0 Å². The first-order valence-electron chi connectivity index (χ1n) is 4.15. The van der Waals surface area contributed by atoms with Gasteiger partial charge in [0.1, 0.15) is 0 Å². The molecule has 0 saturated carbocycles. The molecular weight excluding hydrogens is 206 g/mol. The molecule has 1 aromatic rings. The van der Waals surface area contributed by atoms with Gasteiger partial charge in [-0.15, -0.1) is 0 Å². The molecule has 5 heteroatoms. The van der Waals surface area contributed by atoms with Gasteiger partial charge < -0.3 is 4.74 Å². The van der Waals surface area contributed by atoms with Crippen LogP contribution < -0.4 is 4.74 Å². The number of hydrogen-bond acceptors (Lipinski definition) is 3. The van der Waals surface area contributed by atoms with Crippen LogP contribution >= 0.6 is 11.6 Å². The standard InChI is InChI=1S/C9H10ClNO3/c1-2-7-3-4-9(14-6-10)8(5-7)11(12)13/h3-5H,2,6H2,1H3. The van der Waals surface area contributed by atoms with Gasteiger partial charge in [0, 0.05) is 6.07 Å². The van der Waals surface area contributed by atoms with Gasteiger partial charge in [0.15, 0.2) is 11.8 Å². The Morgan fingerprint density at radius 3 is 2.79 bits per heavy atom. The second-order valence-electron chi connectivity index (χ2n) is 2.67. The zero-order valence-corrected chi connectivity index (χ0v) is 8.45. The molecule has 0 heterocycles. The molecule has 0 radical (unpaired) electrons. The molecule has 1 rings (SSSR count). The minimum absolute atomic E-state index is 0.0370. The summed E-state index contributed by atoms with van der Waals surface area (Å²) in [5.41, 5.74) is 0.864. The predicted molar refractivity (Wildman–Crippen MR) is 53.8 cm³/mol. The number of benzene rings is 1. The van der Waals surface area contributed by atoms with Crippen LogP contribution in [0.2, 0.25) is 0 Å². The van der Waals surface area contributed by atoms with Gasteiger partial charge in [-0.05, 0) is 18.1 Å². The summed E-state index contributed by atoms with van der Waals surface area (Å²) in [5.74, 6) is 0.210. The number of nitrogens with zero attached hydrogens (tertiary/aromatic N) is 1. The van der Waals surface area contributed by atoms with Crippen molar-refractivity contribution in [2.75, 3.05) is 6.07 Å². The maximum absolute atomic E-state index is 10.6. The number of nitro benzene ring substituents is 1. The monoisotopic (exact) mass is 215 g/mol. The molecule has 0 spiro atoms. The molecule has 14 heavy (non-hydrogen) atoms. The molecule has 0 aliphatic rings. The van der Waals surface area contributed by atoms with Gasteiger partial charge in [-0.1, -0.05) is 24.6 Å². The molecule has 0 aliphatic heterocycles. The van der Waals surface area contributed by atoms with Crippen molar-refractivity contribution < 1.29 is 9.66 Å². The van der Waals surface area contributed by atoms with Gasteiger partial charge in [0.05, 0.1) is 4.92 Å². The van der Waals surface area contributed by atoms with Crippen LogP contribution in [0, 0.1) is 10.1 Å². The molecule has 0 atom stereocenters. The van der Waals surface area contributed by atoms with Crippen LogP contribution in [-0.4, -0.2) is 11.0 Å². The van der Waals surface area contributed by atoms with E-state index in [1.54, 1.807) is 12.1 Å². The average molecular weight is 216 g/mol. The van der Waals surface area contributed by atoms with Crippen LogP contribution in [0.25, 0.3) is 0 Å². The van der Waals surface area contributed by atoms with E-state index in [1.807, 2.05) is 6.92 Å². The largest absolute Gasteiger partial charge is 0.471 e. The highest BCUT2D eigenvalue weighted by Gasteiger charge is 2.14. The van der Waals surface area contributed by atoms with Gasteiger partial charge in [-0.25, -0.2) is 0 Å². The molecular formula is C9H10ClNO3. The molecule has 0 fully saturated rings. The third kappa shape index (κ3) is 2.35. The fraction of sp³-hybridized carbons (Fsp3) is 0.333. The Hall–Kier alpha value is -1.29. The lowest BCUT2D eigenvalue weighted by molar-refractivity contribution is -0.385. The number of nitro groups is 1. The van der Waals surface area contributed by atoms with Crippen LogP contribution in [0.3, 0.4) is 0 Å². The first-order valence-corrected chi connectivity index (χ1v) is 4.68. The molecule has 0 unspecified atom stereocenters. The molecule has 4 nitrogen and oxygen atoms in total. The van der Waals surface area contributed by atoms with E-state index < -0.39 is 4.92 Å². The number of aryl methyl sites for hydroxylation is 1. The second-order valence-corrected chi connectivity index (χ2v) is 2.88. The summed E-state index contributed by atoms with van der Waals surface area (Å²) in [4.78, 5) is 10.2. The number of alkyl halides is 1. The summed E-state index contributed by atoms with van der Waals surface area (Å²) >= 11 is 5.34. The van der Waals surface area contributed by atoms with E-state index in [4.69, 9.17) is 16.3 Å². The number of ether oxygens (including phenoxy) is 1. The fourth-order valence-electron chi connectivity index (χ4n) is 1.11. The third-order valence-electron chi connectivity index (χ3n) is 1.84. The highest BCUT2D eigenvalue weighted by Crippen LogP contribution is 2.28. The zero-order chi connectivity index (χ0) is 10.6. The highest BCUT2D eigenvalue weighted by atomic mass is 35.5. The van der Waals surface area contributed by atoms with Crippen molar-refractivity contribution >= 4 is 17.3 Å². The van der Waals surface area contributed by atoms with Gasteiger partial charge in [-0.3, -0.25) is 10.1 Å². The van der Waals surface area contributed by atoms with E-state index in [1.165, 1.54) is 6.07 Å². The van der Waals surface area contributed by atoms with Crippen molar-refractivity contribution in [2.45, 2.75) is 13.3 Å². The second kappa shape index (κ2) is 4.81. The Kier molecular flexibility index (Phi) is 3.71. The maximum atomic E-state index is 10.6. The molecule has 0 amide bonds. The van der Waals surface area contributed by atoms with E-state index in [2.05, 4.69) is 0 Å². The van der Waals surface area contributed by atoms with Crippen molar-refractivity contribution in [3.8, 4) is 5.75 Å². The quantitative estimate of drug-likeness (QED) is 0.441. The molecule has 0 N–H and O–H groups in total. The molecule has 0 bridgehead atoms. The number of hydrogen-bond donors (Lipinski definition) is 0. The molecule has 0 saturated heterocycles. The van der Waals surface area contributed by atoms with Crippen molar-refractivity contribution in [3.63, 3.8) is 0 Å². The predicted octanol–water partition coefficient (Wildman–Crippen LogP) is 2.73. The Morgan fingerprint density at radius 2 is 2.29 bits per heavy atom. The Bertz CT molecular complexity index is 341. The van der Waals surface area contributed by atoms with E-state index in [9.17, 15) is 10.1 Å². The number of halogens is 1. The summed E-state index contributed by atoms with van der Waals surface area (Å²) < 4.78 is 4.92. The average Bonchev–Trinajstić information content (AvgIpc) is 2.18. The van der Waals surface area contributed by atoms with E-state index in [0.717, 1.165) is 12.0 Å². The topological polar surface area (TPSA) is 52.4 Å². The summed E-state index contributed by atoms with van der Waals surface area (Å²) in [6, 6.07) is 4.77. The van der Waals surface area contributed by atoms with E-state index in [-0.39, 0.29) is 17.5 Å². The first-order chi connectivity index (χ1) is 6.69. The van der Waals surface area contributed by atoms with Crippen LogP contribution in [0.4, 0.5) is 5.69 Å². The van der Waals surface area contributed by atoms with E-state index >= 15 is 0 Å².